The molecule has 4 heteroatoms. The van der Waals surface area contributed by atoms with Gasteiger partial charge in [-0.15, -0.1) is 0 Å². The Morgan fingerprint density at radius 1 is 1.29 bits per heavy atom. The number of Topliss-reactive ketones (excluding diaryl/α,β-unsaturated/α-hetero) is 1. The second kappa shape index (κ2) is 5.36. The third-order valence-corrected chi connectivity index (χ3v) is 2.24. The van der Waals surface area contributed by atoms with E-state index in [0.29, 0.717) is 0 Å². The van der Waals surface area contributed by atoms with Gasteiger partial charge < -0.3 is 5.32 Å². The molecule has 1 aromatic carbocycles. The molecule has 0 fully saturated rings. The molecule has 0 heterocycles. The monoisotopic (exact) mass is 241 g/mol. The van der Waals surface area contributed by atoms with Crippen LogP contribution in [0.4, 0.5) is 8.78 Å². The average molecular weight is 241 g/mol. The SMILES string of the molecule is CC(C)(C)NCC(=O)Cc1cccc(F)c1F. The predicted octanol–water partition coefficient (Wildman–Crippen LogP) is 2.46. The highest BCUT2D eigenvalue weighted by atomic mass is 19.2. The molecule has 0 aliphatic rings. The molecule has 0 radical (unpaired) electrons. The Hall–Kier alpha value is -1.29. The first kappa shape index (κ1) is 13.8. The van der Waals surface area contributed by atoms with Gasteiger partial charge in [0.1, 0.15) is 0 Å². The van der Waals surface area contributed by atoms with E-state index >= 15 is 0 Å². The molecule has 0 saturated heterocycles. The lowest BCUT2D eigenvalue weighted by molar-refractivity contribution is -0.117. The fraction of sp³-hybridized carbons (Fsp3) is 0.462. The summed E-state index contributed by atoms with van der Waals surface area (Å²) < 4.78 is 26.2. The smallest absolute Gasteiger partial charge is 0.162 e. The van der Waals surface area contributed by atoms with E-state index in [-0.39, 0.29) is 29.9 Å². The number of benzene rings is 1. The van der Waals surface area contributed by atoms with Crippen molar-refractivity contribution in [3.63, 3.8) is 0 Å². The van der Waals surface area contributed by atoms with Crippen molar-refractivity contribution >= 4 is 5.78 Å². The Balaban J connectivity index is 2.60. The minimum atomic E-state index is -0.934. The van der Waals surface area contributed by atoms with Gasteiger partial charge >= 0.3 is 0 Å². The lowest BCUT2D eigenvalue weighted by atomic mass is 10.1. The highest BCUT2D eigenvalue weighted by molar-refractivity contribution is 5.82. The van der Waals surface area contributed by atoms with Crippen LogP contribution in [-0.4, -0.2) is 17.9 Å². The molecule has 2 nitrogen and oxygen atoms in total. The van der Waals surface area contributed by atoms with Crippen molar-refractivity contribution < 1.29 is 13.6 Å². The number of carbonyl (C=O) groups excluding carboxylic acids is 1. The van der Waals surface area contributed by atoms with Crippen molar-refractivity contribution in [3.05, 3.63) is 35.4 Å². The van der Waals surface area contributed by atoms with Crippen molar-refractivity contribution in [2.24, 2.45) is 0 Å². The van der Waals surface area contributed by atoms with E-state index in [1.54, 1.807) is 0 Å². The van der Waals surface area contributed by atoms with Crippen LogP contribution in [0.5, 0.6) is 0 Å². The minimum absolute atomic E-state index is 0.0906. The zero-order valence-electron chi connectivity index (χ0n) is 10.3. The third-order valence-electron chi connectivity index (χ3n) is 2.24. The maximum atomic E-state index is 13.3. The number of hydrogen-bond acceptors (Lipinski definition) is 2. The second-order valence-electron chi connectivity index (χ2n) is 5.03. The molecular formula is C13H17F2NO. The van der Waals surface area contributed by atoms with E-state index in [0.717, 1.165) is 6.07 Å². The molecule has 17 heavy (non-hydrogen) atoms. The molecule has 0 atom stereocenters. The van der Waals surface area contributed by atoms with E-state index in [9.17, 15) is 13.6 Å². The predicted molar refractivity (Wildman–Crippen MR) is 62.8 cm³/mol. The Labute approximate surface area is 100 Å². The fourth-order valence-electron chi connectivity index (χ4n) is 1.32. The molecule has 0 spiro atoms. The van der Waals surface area contributed by atoms with E-state index < -0.39 is 11.6 Å². The van der Waals surface area contributed by atoms with Gasteiger partial charge in [0.2, 0.25) is 0 Å². The number of halogens is 2. The minimum Gasteiger partial charge on any atom is -0.305 e. The van der Waals surface area contributed by atoms with E-state index in [1.807, 2.05) is 20.8 Å². The standard InChI is InChI=1S/C13H17F2NO/c1-13(2,3)16-8-10(17)7-9-5-4-6-11(14)12(9)15/h4-6,16H,7-8H2,1-3H3. The van der Waals surface area contributed by atoms with Crippen molar-refractivity contribution in [3.8, 4) is 0 Å². The largest absolute Gasteiger partial charge is 0.305 e. The number of carbonyl (C=O) groups is 1. The first-order valence-corrected chi connectivity index (χ1v) is 5.49. The molecule has 94 valence electrons. The summed E-state index contributed by atoms with van der Waals surface area (Å²) in [6.07, 6.45) is -0.0906. The highest BCUT2D eigenvalue weighted by Crippen LogP contribution is 2.12. The van der Waals surface area contributed by atoms with Crippen LogP contribution >= 0.6 is 0 Å². The van der Waals surface area contributed by atoms with Crippen LogP contribution in [-0.2, 0) is 11.2 Å². The quantitative estimate of drug-likeness (QED) is 0.877. The van der Waals surface area contributed by atoms with E-state index in [1.165, 1.54) is 12.1 Å². The molecule has 1 rings (SSSR count). The van der Waals surface area contributed by atoms with Gasteiger partial charge in [0, 0.05) is 12.0 Å². The maximum Gasteiger partial charge on any atom is 0.162 e. The average Bonchev–Trinajstić information content (AvgIpc) is 2.21. The van der Waals surface area contributed by atoms with Gasteiger partial charge in [-0.05, 0) is 32.4 Å². The normalized spacial score (nSPS) is 11.6. The van der Waals surface area contributed by atoms with Crippen LogP contribution < -0.4 is 5.32 Å². The van der Waals surface area contributed by atoms with E-state index in [2.05, 4.69) is 5.32 Å². The molecule has 0 bridgehead atoms. The summed E-state index contributed by atoms with van der Waals surface area (Å²) >= 11 is 0. The van der Waals surface area contributed by atoms with Gasteiger partial charge in [0.25, 0.3) is 0 Å². The molecule has 0 saturated carbocycles. The summed E-state index contributed by atoms with van der Waals surface area (Å²) in [5.74, 6) is -2.01. The van der Waals surface area contributed by atoms with Crippen LogP contribution in [0.1, 0.15) is 26.3 Å². The second-order valence-corrected chi connectivity index (χ2v) is 5.03. The van der Waals surface area contributed by atoms with Crippen molar-refractivity contribution in [2.75, 3.05) is 6.54 Å². The molecule has 0 aliphatic heterocycles. The number of hydrogen-bond donors (Lipinski definition) is 1. The number of nitrogens with one attached hydrogen (secondary N) is 1. The Morgan fingerprint density at radius 2 is 1.94 bits per heavy atom. The van der Waals surface area contributed by atoms with E-state index in [4.69, 9.17) is 0 Å². The van der Waals surface area contributed by atoms with Crippen molar-refractivity contribution in [1.29, 1.82) is 0 Å². The van der Waals surface area contributed by atoms with Gasteiger partial charge in [-0.3, -0.25) is 4.79 Å². The van der Waals surface area contributed by atoms with Gasteiger partial charge in [0.15, 0.2) is 17.4 Å². The maximum absolute atomic E-state index is 13.3. The van der Waals surface area contributed by atoms with Crippen molar-refractivity contribution in [1.82, 2.24) is 5.32 Å². The summed E-state index contributed by atoms with van der Waals surface area (Å²) in [5, 5.41) is 3.01. The van der Waals surface area contributed by atoms with Crippen LogP contribution in [0.25, 0.3) is 0 Å². The van der Waals surface area contributed by atoms with Crippen molar-refractivity contribution in [2.45, 2.75) is 32.7 Å². The molecule has 0 unspecified atom stereocenters. The summed E-state index contributed by atoms with van der Waals surface area (Å²) in [7, 11) is 0. The van der Waals surface area contributed by atoms with Crippen LogP contribution in [0.3, 0.4) is 0 Å². The Bertz CT molecular complexity index is 410. The Kier molecular flexibility index (Phi) is 4.34. The van der Waals surface area contributed by atoms with Crippen LogP contribution in [0, 0.1) is 11.6 Å². The zero-order valence-corrected chi connectivity index (χ0v) is 10.3. The van der Waals surface area contributed by atoms with Gasteiger partial charge in [-0.25, -0.2) is 8.78 Å². The first-order valence-electron chi connectivity index (χ1n) is 5.49. The molecule has 1 N–H and O–H groups in total. The topological polar surface area (TPSA) is 29.1 Å². The van der Waals surface area contributed by atoms with Crippen LogP contribution in [0.15, 0.2) is 18.2 Å². The molecular weight excluding hydrogens is 224 g/mol. The molecule has 0 amide bonds. The number of rotatable bonds is 4. The third kappa shape index (κ3) is 4.61. The molecule has 0 aromatic heterocycles. The summed E-state index contributed by atoms with van der Waals surface area (Å²) in [6, 6.07) is 3.86. The summed E-state index contributed by atoms with van der Waals surface area (Å²) in [4.78, 5) is 11.6. The summed E-state index contributed by atoms with van der Waals surface area (Å²) in [5.41, 5.74) is -0.0680. The molecule has 1 aromatic rings. The lowest BCUT2D eigenvalue weighted by Crippen LogP contribution is -2.39. The lowest BCUT2D eigenvalue weighted by Gasteiger charge is -2.19. The Morgan fingerprint density at radius 3 is 2.53 bits per heavy atom. The highest BCUT2D eigenvalue weighted by Gasteiger charge is 2.14. The summed E-state index contributed by atoms with van der Waals surface area (Å²) in [6.45, 7) is 5.95. The molecule has 0 aliphatic carbocycles. The van der Waals surface area contributed by atoms with Gasteiger partial charge in [0.05, 0.1) is 6.54 Å². The van der Waals surface area contributed by atoms with Gasteiger partial charge in [-0.1, -0.05) is 12.1 Å². The first-order chi connectivity index (χ1) is 7.79. The van der Waals surface area contributed by atoms with Gasteiger partial charge in [-0.2, -0.15) is 0 Å². The number of ketones is 1. The zero-order chi connectivity index (χ0) is 13.1. The fourth-order valence-corrected chi connectivity index (χ4v) is 1.32. The van der Waals surface area contributed by atoms with Crippen LogP contribution in [0.2, 0.25) is 0 Å².